The highest BCUT2D eigenvalue weighted by Crippen LogP contribution is 2.23. The normalized spacial score (nSPS) is 10.6. The van der Waals surface area contributed by atoms with Crippen LogP contribution in [0.25, 0.3) is 5.69 Å². The molecule has 0 aliphatic rings. The first-order valence-corrected chi connectivity index (χ1v) is 6.99. The highest BCUT2D eigenvalue weighted by atomic mass is 35.5. The van der Waals surface area contributed by atoms with Crippen LogP contribution in [0.3, 0.4) is 0 Å². The SMILES string of the molecule is Clc1ccc(CNc2ccc(-n3cnnn3)cc2)cc1Cl. The molecule has 7 heteroatoms. The number of anilines is 1. The van der Waals surface area contributed by atoms with Gasteiger partial charge >= 0.3 is 0 Å². The number of nitrogens with zero attached hydrogens (tertiary/aromatic N) is 4. The largest absolute Gasteiger partial charge is 0.381 e. The summed E-state index contributed by atoms with van der Waals surface area (Å²) in [6.45, 7) is 0.668. The molecule has 2 aromatic carbocycles. The van der Waals surface area contributed by atoms with Crippen LogP contribution in [0.4, 0.5) is 5.69 Å². The molecule has 1 heterocycles. The first-order valence-electron chi connectivity index (χ1n) is 6.23. The van der Waals surface area contributed by atoms with Gasteiger partial charge in [0.15, 0.2) is 0 Å². The van der Waals surface area contributed by atoms with Crippen LogP contribution in [0.15, 0.2) is 48.8 Å². The van der Waals surface area contributed by atoms with Crippen molar-refractivity contribution in [1.82, 2.24) is 20.2 Å². The topological polar surface area (TPSA) is 55.6 Å². The molecule has 0 aliphatic carbocycles. The Kier molecular flexibility index (Phi) is 4.03. The van der Waals surface area contributed by atoms with Crippen LogP contribution in [-0.4, -0.2) is 20.2 Å². The van der Waals surface area contributed by atoms with Crippen molar-refractivity contribution in [3.8, 4) is 5.69 Å². The third kappa shape index (κ3) is 3.32. The third-order valence-electron chi connectivity index (χ3n) is 2.96. The van der Waals surface area contributed by atoms with Crippen molar-refractivity contribution in [3.05, 3.63) is 64.4 Å². The van der Waals surface area contributed by atoms with E-state index >= 15 is 0 Å². The molecule has 0 fully saturated rings. The van der Waals surface area contributed by atoms with E-state index in [4.69, 9.17) is 23.2 Å². The second-order valence-corrected chi connectivity index (χ2v) is 5.22. The molecule has 106 valence electrons. The summed E-state index contributed by atoms with van der Waals surface area (Å²) in [4.78, 5) is 0. The van der Waals surface area contributed by atoms with Crippen LogP contribution in [0.5, 0.6) is 0 Å². The van der Waals surface area contributed by atoms with E-state index in [-0.39, 0.29) is 0 Å². The van der Waals surface area contributed by atoms with E-state index in [0.29, 0.717) is 16.6 Å². The molecular formula is C14H11Cl2N5. The van der Waals surface area contributed by atoms with Crippen LogP contribution in [0.2, 0.25) is 10.0 Å². The fourth-order valence-electron chi connectivity index (χ4n) is 1.87. The van der Waals surface area contributed by atoms with Crippen molar-refractivity contribution in [1.29, 1.82) is 0 Å². The fourth-order valence-corrected chi connectivity index (χ4v) is 2.19. The molecule has 0 saturated carbocycles. The molecule has 1 N–H and O–H groups in total. The molecule has 0 saturated heterocycles. The number of aromatic nitrogens is 4. The van der Waals surface area contributed by atoms with E-state index in [0.717, 1.165) is 16.9 Å². The lowest BCUT2D eigenvalue weighted by atomic mass is 10.2. The summed E-state index contributed by atoms with van der Waals surface area (Å²) in [5.74, 6) is 0. The molecule has 5 nitrogen and oxygen atoms in total. The Bertz CT molecular complexity index is 726. The zero-order chi connectivity index (χ0) is 14.7. The van der Waals surface area contributed by atoms with Crippen molar-refractivity contribution in [2.24, 2.45) is 0 Å². The standard InChI is InChI=1S/C14H11Cl2N5/c15-13-6-1-10(7-14(13)16)8-17-11-2-4-12(5-3-11)21-9-18-19-20-21/h1-7,9,17H,8H2. The Morgan fingerprint density at radius 2 is 1.81 bits per heavy atom. The molecule has 0 bridgehead atoms. The molecule has 3 rings (SSSR count). The maximum absolute atomic E-state index is 5.99. The Hall–Kier alpha value is -2.11. The van der Waals surface area contributed by atoms with Gasteiger partial charge in [-0.2, -0.15) is 0 Å². The van der Waals surface area contributed by atoms with Gasteiger partial charge in [-0.1, -0.05) is 29.3 Å². The van der Waals surface area contributed by atoms with Gasteiger partial charge in [0.25, 0.3) is 0 Å². The number of nitrogens with one attached hydrogen (secondary N) is 1. The van der Waals surface area contributed by atoms with Gasteiger partial charge < -0.3 is 5.32 Å². The summed E-state index contributed by atoms with van der Waals surface area (Å²) >= 11 is 11.9. The van der Waals surface area contributed by atoms with Crippen molar-refractivity contribution < 1.29 is 0 Å². The zero-order valence-electron chi connectivity index (χ0n) is 10.9. The predicted octanol–water partition coefficient (Wildman–Crippen LogP) is 3.58. The molecule has 0 aliphatic heterocycles. The quantitative estimate of drug-likeness (QED) is 0.798. The van der Waals surface area contributed by atoms with Crippen LogP contribution in [0, 0.1) is 0 Å². The second kappa shape index (κ2) is 6.11. The average Bonchev–Trinajstić information content (AvgIpc) is 3.03. The number of rotatable bonds is 4. The van der Waals surface area contributed by atoms with E-state index in [2.05, 4.69) is 20.8 Å². The molecule has 0 spiro atoms. The molecule has 21 heavy (non-hydrogen) atoms. The van der Waals surface area contributed by atoms with Crippen molar-refractivity contribution in [2.75, 3.05) is 5.32 Å². The van der Waals surface area contributed by atoms with Crippen LogP contribution < -0.4 is 5.32 Å². The van der Waals surface area contributed by atoms with E-state index in [9.17, 15) is 0 Å². The monoisotopic (exact) mass is 319 g/mol. The second-order valence-electron chi connectivity index (χ2n) is 4.40. The minimum absolute atomic E-state index is 0.560. The number of hydrogen-bond donors (Lipinski definition) is 1. The van der Waals surface area contributed by atoms with Gasteiger partial charge in [0.05, 0.1) is 15.7 Å². The third-order valence-corrected chi connectivity index (χ3v) is 3.70. The van der Waals surface area contributed by atoms with Crippen LogP contribution >= 0.6 is 23.2 Å². The molecule has 0 unspecified atom stereocenters. The van der Waals surface area contributed by atoms with E-state index in [1.807, 2.05) is 36.4 Å². The van der Waals surface area contributed by atoms with Gasteiger partial charge in [-0.05, 0) is 52.4 Å². The zero-order valence-corrected chi connectivity index (χ0v) is 12.4. The van der Waals surface area contributed by atoms with Gasteiger partial charge in [-0.3, -0.25) is 0 Å². The van der Waals surface area contributed by atoms with Gasteiger partial charge in [0.2, 0.25) is 0 Å². The lowest BCUT2D eigenvalue weighted by Crippen LogP contribution is -2.00. The summed E-state index contributed by atoms with van der Waals surface area (Å²) in [6.07, 6.45) is 1.55. The Labute approximate surface area is 131 Å². The minimum atomic E-state index is 0.560. The minimum Gasteiger partial charge on any atom is -0.381 e. The summed E-state index contributed by atoms with van der Waals surface area (Å²) in [5.41, 5.74) is 2.96. The molecule has 0 atom stereocenters. The Morgan fingerprint density at radius 1 is 1.00 bits per heavy atom. The summed E-state index contributed by atoms with van der Waals surface area (Å²) < 4.78 is 1.60. The summed E-state index contributed by atoms with van der Waals surface area (Å²) in [6, 6.07) is 13.4. The van der Waals surface area contributed by atoms with E-state index in [1.54, 1.807) is 17.1 Å². The van der Waals surface area contributed by atoms with Crippen LogP contribution in [0.1, 0.15) is 5.56 Å². The fraction of sp³-hybridized carbons (Fsp3) is 0.0714. The molecule has 1 aromatic heterocycles. The first-order chi connectivity index (χ1) is 10.2. The van der Waals surface area contributed by atoms with E-state index in [1.165, 1.54) is 0 Å². The lowest BCUT2D eigenvalue weighted by Gasteiger charge is -2.08. The Morgan fingerprint density at radius 3 is 2.48 bits per heavy atom. The maximum Gasteiger partial charge on any atom is 0.143 e. The van der Waals surface area contributed by atoms with Gasteiger partial charge in [-0.15, -0.1) is 5.10 Å². The van der Waals surface area contributed by atoms with Gasteiger partial charge in [-0.25, -0.2) is 4.68 Å². The Balaban J connectivity index is 1.66. The number of benzene rings is 2. The predicted molar refractivity (Wildman–Crippen MR) is 82.9 cm³/mol. The molecule has 0 radical (unpaired) electrons. The van der Waals surface area contributed by atoms with Crippen LogP contribution in [-0.2, 0) is 6.54 Å². The van der Waals surface area contributed by atoms with Crippen molar-refractivity contribution in [3.63, 3.8) is 0 Å². The van der Waals surface area contributed by atoms with Crippen molar-refractivity contribution >= 4 is 28.9 Å². The first kappa shape index (κ1) is 13.9. The van der Waals surface area contributed by atoms with Crippen molar-refractivity contribution in [2.45, 2.75) is 6.54 Å². The highest BCUT2D eigenvalue weighted by Gasteiger charge is 2.01. The molecular weight excluding hydrogens is 309 g/mol. The summed E-state index contributed by atoms with van der Waals surface area (Å²) in [5, 5.41) is 15.5. The highest BCUT2D eigenvalue weighted by molar-refractivity contribution is 6.42. The number of halogens is 2. The maximum atomic E-state index is 5.99. The smallest absolute Gasteiger partial charge is 0.143 e. The lowest BCUT2D eigenvalue weighted by molar-refractivity contribution is 0.789. The van der Waals surface area contributed by atoms with Gasteiger partial charge in [0.1, 0.15) is 6.33 Å². The van der Waals surface area contributed by atoms with E-state index < -0.39 is 0 Å². The molecule has 0 amide bonds. The summed E-state index contributed by atoms with van der Waals surface area (Å²) in [7, 11) is 0. The number of tetrazole rings is 1. The number of hydrogen-bond acceptors (Lipinski definition) is 4. The average molecular weight is 320 g/mol. The molecule has 3 aromatic rings. The van der Waals surface area contributed by atoms with Gasteiger partial charge in [0, 0.05) is 12.2 Å².